The van der Waals surface area contributed by atoms with E-state index in [0.717, 1.165) is 36.1 Å². The van der Waals surface area contributed by atoms with E-state index in [2.05, 4.69) is 57.0 Å². The van der Waals surface area contributed by atoms with E-state index in [0.29, 0.717) is 24.4 Å². The molecule has 2 N–H and O–H groups in total. The topological polar surface area (TPSA) is 75.6 Å². The zero-order valence-electron chi connectivity index (χ0n) is 19.5. The molecule has 3 fully saturated rings. The summed E-state index contributed by atoms with van der Waals surface area (Å²) in [5, 5.41) is 3.19. The van der Waals surface area contributed by atoms with Crippen LogP contribution in [0.4, 0.5) is 0 Å². The summed E-state index contributed by atoms with van der Waals surface area (Å²) >= 11 is 0. The highest BCUT2D eigenvalue weighted by molar-refractivity contribution is 5.80. The van der Waals surface area contributed by atoms with Crippen molar-refractivity contribution in [1.29, 1.82) is 0 Å². The van der Waals surface area contributed by atoms with E-state index in [4.69, 9.17) is 0 Å². The first-order chi connectivity index (χ1) is 15.4. The number of imidazole rings is 2. The number of H-pyrrole nitrogens is 1. The quantitative estimate of drug-likeness (QED) is 0.739. The Labute approximate surface area is 190 Å². The number of fused-ring (bicyclic) bond motifs is 7. The maximum Gasteiger partial charge on any atom is 0.224 e. The van der Waals surface area contributed by atoms with Gasteiger partial charge in [-0.05, 0) is 74.7 Å². The Morgan fingerprint density at radius 2 is 2.06 bits per heavy atom. The summed E-state index contributed by atoms with van der Waals surface area (Å²) in [6.07, 6.45) is 17.7. The van der Waals surface area contributed by atoms with Crippen LogP contribution in [0.2, 0.25) is 0 Å². The number of carbonyl (C=O) groups is 1. The van der Waals surface area contributed by atoms with Crippen LogP contribution in [-0.2, 0) is 11.3 Å². The van der Waals surface area contributed by atoms with Gasteiger partial charge in [-0.2, -0.15) is 0 Å². The first-order valence-corrected chi connectivity index (χ1v) is 12.4. The first-order valence-electron chi connectivity index (χ1n) is 12.4. The minimum Gasteiger partial charge on any atom is -0.349 e. The lowest BCUT2D eigenvalue weighted by molar-refractivity contribution is -0.133. The third kappa shape index (κ3) is 2.80. The molecule has 0 radical (unpaired) electrons. The van der Waals surface area contributed by atoms with Crippen molar-refractivity contribution in [3.8, 4) is 0 Å². The second-order valence-electron chi connectivity index (χ2n) is 11.3. The molecular weight excluding hydrogens is 398 g/mol. The lowest BCUT2D eigenvalue weighted by Crippen LogP contribution is -2.53. The van der Waals surface area contributed by atoms with Gasteiger partial charge in [0, 0.05) is 41.7 Å². The maximum atomic E-state index is 13.3. The van der Waals surface area contributed by atoms with Gasteiger partial charge in [0.15, 0.2) is 0 Å². The molecule has 2 aromatic rings. The van der Waals surface area contributed by atoms with Crippen LogP contribution >= 0.6 is 0 Å². The molecule has 6 rings (SSSR count). The fourth-order valence-corrected chi connectivity index (χ4v) is 8.30. The second-order valence-corrected chi connectivity index (χ2v) is 11.3. The van der Waals surface area contributed by atoms with Crippen molar-refractivity contribution < 1.29 is 4.79 Å². The molecule has 0 bridgehead atoms. The molecule has 3 heterocycles. The second kappa shape index (κ2) is 7.06. The molecular formula is C26H35N5O. The number of rotatable bonds is 3. The lowest BCUT2D eigenvalue weighted by Gasteiger charge is -2.59. The highest BCUT2D eigenvalue weighted by Gasteiger charge is 2.61. The largest absolute Gasteiger partial charge is 0.349 e. The monoisotopic (exact) mass is 433 g/mol. The highest BCUT2D eigenvalue weighted by Crippen LogP contribution is 2.67. The van der Waals surface area contributed by atoms with E-state index in [1.165, 1.54) is 25.7 Å². The van der Waals surface area contributed by atoms with Gasteiger partial charge >= 0.3 is 0 Å². The number of hydrogen-bond acceptors (Lipinski definition) is 3. The Morgan fingerprint density at radius 3 is 2.88 bits per heavy atom. The van der Waals surface area contributed by atoms with Crippen molar-refractivity contribution in [2.45, 2.75) is 71.9 Å². The van der Waals surface area contributed by atoms with Gasteiger partial charge in [-0.1, -0.05) is 19.9 Å². The van der Waals surface area contributed by atoms with E-state index in [-0.39, 0.29) is 22.7 Å². The molecule has 1 amide bonds. The SMILES string of the molecule is Cc1cnc(CNC(=O)[C@H]2CC[C@H]3[C@@H]4CCC5n6ccnc6C=C[C@]5(C)[C@H]4CC[C@]23C)[nH]1. The predicted molar refractivity (Wildman–Crippen MR) is 123 cm³/mol. The Kier molecular flexibility index (Phi) is 4.47. The van der Waals surface area contributed by atoms with Crippen molar-refractivity contribution in [2.24, 2.45) is 34.5 Å². The van der Waals surface area contributed by atoms with Crippen molar-refractivity contribution in [3.63, 3.8) is 0 Å². The summed E-state index contributed by atoms with van der Waals surface area (Å²) in [6.45, 7) is 7.39. The molecule has 6 heteroatoms. The fraction of sp³-hybridized carbons (Fsp3) is 0.654. The number of allylic oxidation sites excluding steroid dienone is 1. The van der Waals surface area contributed by atoms with E-state index in [1.54, 1.807) is 0 Å². The predicted octanol–water partition coefficient (Wildman–Crippen LogP) is 4.66. The normalized spacial score (nSPS) is 39.7. The van der Waals surface area contributed by atoms with Crippen LogP contribution in [0.25, 0.3) is 6.08 Å². The lowest BCUT2D eigenvalue weighted by atomic mass is 9.48. The average Bonchev–Trinajstić information content (AvgIpc) is 3.49. The molecule has 0 saturated heterocycles. The summed E-state index contributed by atoms with van der Waals surface area (Å²) in [4.78, 5) is 25.4. The number of nitrogens with zero attached hydrogens (tertiary/aromatic N) is 3. The van der Waals surface area contributed by atoms with Crippen molar-refractivity contribution in [3.05, 3.63) is 42.0 Å². The molecule has 7 atom stereocenters. The number of aromatic amines is 1. The van der Waals surface area contributed by atoms with Gasteiger partial charge in [-0.15, -0.1) is 0 Å². The summed E-state index contributed by atoms with van der Waals surface area (Å²) < 4.78 is 2.42. The first kappa shape index (κ1) is 20.3. The van der Waals surface area contributed by atoms with Crippen LogP contribution in [0.5, 0.6) is 0 Å². The van der Waals surface area contributed by atoms with Gasteiger partial charge in [0.05, 0.1) is 6.54 Å². The van der Waals surface area contributed by atoms with Gasteiger partial charge in [0.25, 0.3) is 0 Å². The van der Waals surface area contributed by atoms with Crippen LogP contribution in [0, 0.1) is 41.4 Å². The third-order valence-electron chi connectivity index (χ3n) is 9.86. The number of aryl methyl sites for hydroxylation is 1. The zero-order chi connectivity index (χ0) is 22.1. The van der Waals surface area contributed by atoms with Crippen LogP contribution in [0.15, 0.2) is 24.7 Å². The average molecular weight is 434 g/mol. The zero-order valence-corrected chi connectivity index (χ0v) is 19.5. The van der Waals surface area contributed by atoms with E-state index < -0.39 is 0 Å². The van der Waals surface area contributed by atoms with Crippen LogP contribution < -0.4 is 5.32 Å². The standard InChI is InChI=1S/C26H35N5O/c1-16-14-28-22(30-16)15-29-24(32)20-6-5-18-17-4-7-21-26(3,19(17)8-10-25(18,20)2)11-9-23-27-12-13-31(21)23/h9,11-14,17-21H,4-8,10,15H2,1-3H3,(H,28,30)(H,29,32)/t17-,18-,19-,20+,21?,25-,26+/m0/s1. The molecule has 170 valence electrons. The third-order valence-corrected chi connectivity index (χ3v) is 9.86. The van der Waals surface area contributed by atoms with E-state index in [1.807, 2.05) is 19.3 Å². The minimum atomic E-state index is 0.117. The number of aromatic nitrogens is 4. The molecule has 1 unspecified atom stereocenters. The van der Waals surface area contributed by atoms with Crippen LogP contribution in [-0.4, -0.2) is 25.4 Å². The number of carbonyl (C=O) groups excluding carboxylic acids is 1. The van der Waals surface area contributed by atoms with Crippen molar-refractivity contribution in [2.75, 3.05) is 0 Å². The Hall–Kier alpha value is -2.37. The van der Waals surface area contributed by atoms with Gasteiger partial charge < -0.3 is 14.9 Å². The summed E-state index contributed by atoms with van der Waals surface area (Å²) in [6, 6.07) is 0.521. The maximum absolute atomic E-state index is 13.3. The number of hydrogen-bond donors (Lipinski definition) is 2. The molecule has 3 saturated carbocycles. The van der Waals surface area contributed by atoms with Crippen LogP contribution in [0.1, 0.15) is 75.8 Å². The molecule has 1 aliphatic heterocycles. The summed E-state index contributed by atoms with van der Waals surface area (Å²) in [5.74, 6) is 4.36. The molecule has 0 spiro atoms. The Morgan fingerprint density at radius 1 is 1.19 bits per heavy atom. The van der Waals surface area contributed by atoms with Gasteiger partial charge in [-0.3, -0.25) is 4.79 Å². The number of nitrogens with one attached hydrogen (secondary N) is 2. The summed E-state index contributed by atoms with van der Waals surface area (Å²) in [5.41, 5.74) is 1.34. The smallest absolute Gasteiger partial charge is 0.224 e. The molecule has 4 aliphatic rings. The minimum absolute atomic E-state index is 0.117. The highest BCUT2D eigenvalue weighted by atomic mass is 16.1. The Bertz CT molecular complexity index is 1070. The number of amides is 1. The Balaban J connectivity index is 1.21. The van der Waals surface area contributed by atoms with E-state index in [9.17, 15) is 4.79 Å². The van der Waals surface area contributed by atoms with Crippen molar-refractivity contribution >= 4 is 12.0 Å². The molecule has 0 aromatic carbocycles. The molecule has 3 aliphatic carbocycles. The summed E-state index contributed by atoms with van der Waals surface area (Å²) in [7, 11) is 0. The van der Waals surface area contributed by atoms with E-state index >= 15 is 0 Å². The van der Waals surface area contributed by atoms with Crippen LogP contribution in [0.3, 0.4) is 0 Å². The van der Waals surface area contributed by atoms with Crippen molar-refractivity contribution in [1.82, 2.24) is 24.8 Å². The van der Waals surface area contributed by atoms with Gasteiger partial charge in [0.2, 0.25) is 5.91 Å². The van der Waals surface area contributed by atoms with Gasteiger partial charge in [-0.25, -0.2) is 9.97 Å². The molecule has 2 aromatic heterocycles. The fourth-order valence-electron chi connectivity index (χ4n) is 8.30. The molecule has 32 heavy (non-hydrogen) atoms. The van der Waals surface area contributed by atoms with Gasteiger partial charge in [0.1, 0.15) is 11.6 Å². The molecule has 6 nitrogen and oxygen atoms in total.